The topological polar surface area (TPSA) is 26.7 Å². The summed E-state index contributed by atoms with van der Waals surface area (Å²) >= 11 is 0. The van der Waals surface area contributed by atoms with E-state index in [1.165, 1.54) is 16.8 Å². The Bertz CT molecular complexity index is 392. The van der Waals surface area contributed by atoms with Gasteiger partial charge in [0, 0.05) is 25.3 Å². The first kappa shape index (κ1) is 12.4. The number of anilines is 1. The number of nitrogens with zero attached hydrogens (tertiary/aromatic N) is 2. The molecule has 1 N–H and O–H groups in total. The van der Waals surface area contributed by atoms with Crippen LogP contribution in [0, 0.1) is 13.8 Å². The molecule has 0 bridgehead atoms. The van der Waals surface area contributed by atoms with Gasteiger partial charge in [0.25, 0.3) is 0 Å². The molecule has 1 fully saturated rings. The van der Waals surface area contributed by atoms with Crippen molar-refractivity contribution in [1.29, 1.82) is 0 Å². The number of aliphatic hydroxyl groups is 1. The van der Waals surface area contributed by atoms with Gasteiger partial charge in [-0.1, -0.05) is 12.1 Å². The minimum absolute atomic E-state index is 0.234. The third-order valence-electron chi connectivity index (χ3n) is 3.69. The van der Waals surface area contributed by atoms with Gasteiger partial charge in [0.15, 0.2) is 0 Å². The van der Waals surface area contributed by atoms with Crippen LogP contribution >= 0.6 is 0 Å². The van der Waals surface area contributed by atoms with Gasteiger partial charge in [-0.25, -0.2) is 0 Å². The van der Waals surface area contributed by atoms with Gasteiger partial charge in [0.2, 0.25) is 0 Å². The van der Waals surface area contributed by atoms with Crippen LogP contribution in [-0.2, 0) is 0 Å². The average molecular weight is 234 g/mol. The highest BCUT2D eigenvalue weighted by Crippen LogP contribution is 2.23. The van der Waals surface area contributed by atoms with Gasteiger partial charge >= 0.3 is 0 Å². The molecular formula is C14H22N2O. The van der Waals surface area contributed by atoms with Gasteiger partial charge in [-0.05, 0) is 38.1 Å². The molecule has 0 saturated carbocycles. The van der Waals surface area contributed by atoms with Crippen LogP contribution in [0.4, 0.5) is 5.69 Å². The second-order valence-corrected chi connectivity index (χ2v) is 5.05. The number of piperazine rings is 1. The van der Waals surface area contributed by atoms with Crippen molar-refractivity contribution in [2.45, 2.75) is 19.9 Å². The summed E-state index contributed by atoms with van der Waals surface area (Å²) in [4.78, 5) is 4.63. The van der Waals surface area contributed by atoms with E-state index < -0.39 is 0 Å². The lowest BCUT2D eigenvalue weighted by atomic mass is 10.1. The van der Waals surface area contributed by atoms with Crippen LogP contribution in [0.1, 0.15) is 11.1 Å². The van der Waals surface area contributed by atoms with Crippen LogP contribution in [0.2, 0.25) is 0 Å². The molecule has 94 valence electrons. The molecule has 1 saturated heterocycles. The van der Waals surface area contributed by atoms with Crippen LogP contribution in [0.15, 0.2) is 18.2 Å². The summed E-state index contributed by atoms with van der Waals surface area (Å²) in [5.41, 5.74) is 3.93. The molecule has 0 aliphatic carbocycles. The lowest BCUT2D eigenvalue weighted by Gasteiger charge is -2.40. The monoisotopic (exact) mass is 234 g/mol. The summed E-state index contributed by atoms with van der Waals surface area (Å²) in [6.07, 6.45) is 0. The maximum Gasteiger partial charge on any atom is 0.0604 e. The second kappa shape index (κ2) is 5.07. The Kier molecular flexibility index (Phi) is 3.69. The fraction of sp³-hybridized carbons (Fsp3) is 0.571. The molecule has 1 aromatic carbocycles. The van der Waals surface area contributed by atoms with Crippen LogP contribution in [0.5, 0.6) is 0 Å². The summed E-state index contributed by atoms with van der Waals surface area (Å²) in [6, 6.07) is 6.83. The zero-order chi connectivity index (χ0) is 12.4. The molecule has 1 unspecified atom stereocenters. The molecule has 0 aromatic heterocycles. The van der Waals surface area contributed by atoms with Crippen LogP contribution < -0.4 is 4.90 Å². The number of hydrogen-bond donors (Lipinski definition) is 1. The first-order chi connectivity index (χ1) is 8.11. The molecule has 0 radical (unpaired) electrons. The Morgan fingerprint density at radius 3 is 2.76 bits per heavy atom. The summed E-state index contributed by atoms with van der Waals surface area (Å²) in [6.45, 7) is 7.48. The third-order valence-corrected chi connectivity index (χ3v) is 3.69. The summed E-state index contributed by atoms with van der Waals surface area (Å²) in [5.74, 6) is 0. The molecule has 1 aliphatic heterocycles. The van der Waals surface area contributed by atoms with Crippen molar-refractivity contribution in [1.82, 2.24) is 4.90 Å². The van der Waals surface area contributed by atoms with Gasteiger partial charge in [0.05, 0.1) is 12.6 Å². The lowest BCUT2D eigenvalue weighted by molar-refractivity contribution is 0.135. The van der Waals surface area contributed by atoms with Crippen LogP contribution in [-0.4, -0.2) is 49.3 Å². The first-order valence-electron chi connectivity index (χ1n) is 6.25. The normalized spacial score (nSPS) is 21.9. The number of aliphatic hydroxyl groups excluding tert-OH is 1. The zero-order valence-electron chi connectivity index (χ0n) is 11.0. The van der Waals surface area contributed by atoms with E-state index in [9.17, 15) is 5.11 Å². The summed E-state index contributed by atoms with van der Waals surface area (Å²) in [7, 11) is 2.08. The minimum atomic E-state index is 0.234. The molecule has 0 spiro atoms. The summed E-state index contributed by atoms with van der Waals surface area (Å²) in [5, 5.41) is 9.38. The Labute approximate surface area is 104 Å². The van der Waals surface area contributed by atoms with Crippen molar-refractivity contribution in [2.24, 2.45) is 0 Å². The molecule has 1 heterocycles. The third kappa shape index (κ3) is 2.61. The SMILES string of the molecule is Cc1ccc(C)c(N2CCN(C)C(CO)C2)c1. The highest BCUT2D eigenvalue weighted by molar-refractivity contribution is 5.55. The van der Waals surface area contributed by atoms with Crippen molar-refractivity contribution in [3.8, 4) is 0 Å². The van der Waals surface area contributed by atoms with Gasteiger partial charge in [-0.15, -0.1) is 0 Å². The number of rotatable bonds is 2. The van der Waals surface area contributed by atoms with Crippen molar-refractivity contribution in [2.75, 3.05) is 38.2 Å². The first-order valence-corrected chi connectivity index (χ1v) is 6.25. The largest absolute Gasteiger partial charge is 0.395 e. The van der Waals surface area contributed by atoms with E-state index >= 15 is 0 Å². The highest BCUT2D eigenvalue weighted by atomic mass is 16.3. The summed E-state index contributed by atoms with van der Waals surface area (Å²) < 4.78 is 0. The fourth-order valence-corrected chi connectivity index (χ4v) is 2.42. The maximum absolute atomic E-state index is 9.38. The number of likely N-dealkylation sites (N-methyl/N-ethyl adjacent to an activating group) is 1. The average Bonchev–Trinajstić information content (AvgIpc) is 2.33. The van der Waals surface area contributed by atoms with E-state index in [0.29, 0.717) is 0 Å². The standard InChI is InChI=1S/C14H22N2O/c1-11-4-5-12(2)14(8-11)16-7-6-15(3)13(9-16)10-17/h4-5,8,13,17H,6-7,9-10H2,1-3H3. The van der Waals surface area contributed by atoms with Gasteiger partial charge in [-0.2, -0.15) is 0 Å². The fourth-order valence-electron chi connectivity index (χ4n) is 2.42. The lowest BCUT2D eigenvalue weighted by Crippen LogP contribution is -2.53. The van der Waals surface area contributed by atoms with Crippen molar-refractivity contribution < 1.29 is 5.11 Å². The second-order valence-electron chi connectivity index (χ2n) is 5.05. The van der Waals surface area contributed by atoms with E-state index in [1.807, 2.05) is 0 Å². The molecular weight excluding hydrogens is 212 g/mol. The van der Waals surface area contributed by atoms with Gasteiger partial charge < -0.3 is 10.0 Å². The van der Waals surface area contributed by atoms with E-state index in [-0.39, 0.29) is 12.6 Å². The molecule has 17 heavy (non-hydrogen) atoms. The smallest absolute Gasteiger partial charge is 0.0604 e. The van der Waals surface area contributed by atoms with E-state index in [0.717, 1.165) is 19.6 Å². The highest BCUT2D eigenvalue weighted by Gasteiger charge is 2.24. The Hall–Kier alpha value is -1.06. The molecule has 1 aromatic rings. The van der Waals surface area contributed by atoms with Gasteiger partial charge in [-0.3, -0.25) is 4.90 Å². The van der Waals surface area contributed by atoms with Crippen molar-refractivity contribution in [3.05, 3.63) is 29.3 Å². The van der Waals surface area contributed by atoms with E-state index in [2.05, 4.69) is 48.9 Å². The molecule has 2 rings (SSSR count). The predicted molar refractivity (Wildman–Crippen MR) is 71.6 cm³/mol. The zero-order valence-corrected chi connectivity index (χ0v) is 11.0. The van der Waals surface area contributed by atoms with Crippen molar-refractivity contribution >= 4 is 5.69 Å². The quantitative estimate of drug-likeness (QED) is 0.838. The minimum Gasteiger partial charge on any atom is -0.395 e. The maximum atomic E-state index is 9.38. The Morgan fingerprint density at radius 1 is 1.29 bits per heavy atom. The predicted octanol–water partition coefficient (Wildman–Crippen LogP) is 1.42. The number of hydrogen-bond acceptors (Lipinski definition) is 3. The molecule has 3 nitrogen and oxygen atoms in total. The van der Waals surface area contributed by atoms with Crippen molar-refractivity contribution in [3.63, 3.8) is 0 Å². The Morgan fingerprint density at radius 2 is 2.06 bits per heavy atom. The van der Waals surface area contributed by atoms with Gasteiger partial charge in [0.1, 0.15) is 0 Å². The van der Waals surface area contributed by atoms with E-state index in [1.54, 1.807) is 0 Å². The number of aryl methyl sites for hydroxylation is 2. The van der Waals surface area contributed by atoms with Crippen LogP contribution in [0.25, 0.3) is 0 Å². The molecule has 3 heteroatoms. The molecule has 1 aliphatic rings. The number of benzene rings is 1. The molecule has 0 amide bonds. The molecule has 1 atom stereocenters. The van der Waals surface area contributed by atoms with Crippen LogP contribution in [0.3, 0.4) is 0 Å². The van der Waals surface area contributed by atoms with E-state index in [4.69, 9.17) is 0 Å². The Balaban J connectivity index is 2.20.